The number of rotatable bonds is 1. The number of benzene rings is 1. The van der Waals surface area contributed by atoms with E-state index in [0.717, 1.165) is 16.8 Å². The van der Waals surface area contributed by atoms with E-state index >= 15 is 0 Å². The monoisotopic (exact) mass is 317 g/mol. The molecule has 1 radical (unpaired) electrons. The molecule has 0 saturated carbocycles. The molecule has 0 unspecified atom stereocenters. The molecule has 0 aliphatic rings. The van der Waals surface area contributed by atoms with Gasteiger partial charge < -0.3 is 9.67 Å². The summed E-state index contributed by atoms with van der Waals surface area (Å²) >= 11 is 0. The van der Waals surface area contributed by atoms with Crippen molar-refractivity contribution in [3.8, 4) is 17.0 Å². The molecular formula is C14H14NO2Y-. The van der Waals surface area contributed by atoms with Crippen molar-refractivity contribution in [2.75, 3.05) is 0 Å². The van der Waals surface area contributed by atoms with Crippen molar-refractivity contribution in [3.05, 3.63) is 51.8 Å². The standard InChI is InChI=1S/C14H14NO2.Y/c1-9-4-7-13(15(3)14(9)17)12-6-5-11(16)8-10(12)2;/h4-6,8,16H,1-3H3;/q-1;. The van der Waals surface area contributed by atoms with Crippen LogP contribution in [-0.2, 0) is 39.8 Å². The molecule has 1 N–H and O–H groups in total. The molecule has 2 aromatic rings. The van der Waals surface area contributed by atoms with E-state index in [9.17, 15) is 9.90 Å². The summed E-state index contributed by atoms with van der Waals surface area (Å²) < 4.78 is 1.58. The van der Waals surface area contributed by atoms with Crippen molar-refractivity contribution >= 4 is 0 Å². The summed E-state index contributed by atoms with van der Waals surface area (Å²) in [6.45, 7) is 3.67. The van der Waals surface area contributed by atoms with Crippen molar-refractivity contribution in [3.63, 3.8) is 0 Å². The largest absolute Gasteiger partial charge is 0.508 e. The quantitative estimate of drug-likeness (QED) is 0.819. The van der Waals surface area contributed by atoms with Gasteiger partial charge >= 0.3 is 0 Å². The van der Waals surface area contributed by atoms with Crippen molar-refractivity contribution < 1.29 is 37.8 Å². The molecule has 1 aromatic carbocycles. The number of hydrogen-bond acceptors (Lipinski definition) is 2. The molecule has 0 aliphatic heterocycles. The zero-order chi connectivity index (χ0) is 12.6. The van der Waals surface area contributed by atoms with Gasteiger partial charge in [0, 0.05) is 39.8 Å². The third-order valence-corrected chi connectivity index (χ3v) is 2.87. The summed E-state index contributed by atoms with van der Waals surface area (Å²) in [5.74, 6) is 0.225. The van der Waals surface area contributed by atoms with E-state index < -0.39 is 0 Å². The fourth-order valence-electron chi connectivity index (χ4n) is 1.87. The van der Waals surface area contributed by atoms with Gasteiger partial charge in [0.25, 0.3) is 0 Å². The zero-order valence-electron chi connectivity index (χ0n) is 10.7. The summed E-state index contributed by atoms with van der Waals surface area (Å²) in [7, 11) is 1.73. The van der Waals surface area contributed by atoms with Gasteiger partial charge in [-0.25, -0.2) is 0 Å². The van der Waals surface area contributed by atoms with E-state index in [2.05, 4.69) is 6.07 Å². The third-order valence-electron chi connectivity index (χ3n) is 2.87. The maximum atomic E-state index is 11.8. The molecular weight excluding hydrogens is 303 g/mol. The van der Waals surface area contributed by atoms with E-state index in [1.165, 1.54) is 0 Å². The minimum Gasteiger partial charge on any atom is -0.508 e. The molecule has 3 nitrogen and oxygen atoms in total. The van der Waals surface area contributed by atoms with Crippen LogP contribution < -0.4 is 5.56 Å². The van der Waals surface area contributed by atoms with Gasteiger partial charge in [0.15, 0.2) is 5.56 Å². The Hall–Kier alpha value is -0.926. The molecule has 2 rings (SSSR count). The van der Waals surface area contributed by atoms with Gasteiger partial charge in [0.1, 0.15) is 5.75 Å². The number of aryl methyl sites for hydroxylation is 2. The second-order valence-corrected chi connectivity index (χ2v) is 4.18. The Kier molecular flexibility index (Phi) is 4.88. The molecule has 18 heavy (non-hydrogen) atoms. The summed E-state index contributed by atoms with van der Waals surface area (Å²) in [5, 5.41) is 9.37. The Morgan fingerprint density at radius 1 is 1.22 bits per heavy atom. The normalized spacial score (nSPS) is 9.94. The molecule has 0 saturated heterocycles. The van der Waals surface area contributed by atoms with Crippen LogP contribution in [0.5, 0.6) is 5.75 Å². The average Bonchev–Trinajstić information content (AvgIpc) is 2.28. The number of nitrogens with zero attached hydrogens (tertiary/aromatic N) is 1. The Bertz CT molecular complexity index is 632. The number of aromatic hydroxyl groups is 1. The second-order valence-electron chi connectivity index (χ2n) is 4.18. The van der Waals surface area contributed by atoms with Crippen molar-refractivity contribution in [1.82, 2.24) is 4.57 Å². The number of pyridine rings is 1. The van der Waals surface area contributed by atoms with Gasteiger partial charge in [-0.2, -0.15) is 12.1 Å². The summed E-state index contributed by atoms with van der Waals surface area (Å²) in [6.07, 6.45) is 0. The minimum absolute atomic E-state index is 0. The molecule has 0 fully saturated rings. The summed E-state index contributed by atoms with van der Waals surface area (Å²) in [4.78, 5) is 11.8. The summed E-state index contributed by atoms with van der Waals surface area (Å²) in [5.41, 5.74) is 3.21. The SMILES string of the molecule is Cc1cc(O)ccc1-c1[c-]cc(C)c(=O)n1C.[Y]. The molecule has 1 heterocycles. The first-order valence-corrected chi connectivity index (χ1v) is 5.39. The molecule has 4 heteroatoms. The van der Waals surface area contributed by atoms with Crippen LogP contribution in [0.2, 0.25) is 0 Å². The van der Waals surface area contributed by atoms with Crippen LogP contribution >= 0.6 is 0 Å². The van der Waals surface area contributed by atoms with Crippen molar-refractivity contribution in [1.29, 1.82) is 0 Å². The maximum absolute atomic E-state index is 11.8. The minimum atomic E-state index is -0.0220. The van der Waals surface area contributed by atoms with Crippen LogP contribution in [0.3, 0.4) is 0 Å². The molecule has 0 aliphatic carbocycles. The maximum Gasteiger partial charge on any atom is 0.197 e. The van der Waals surface area contributed by atoms with E-state index in [4.69, 9.17) is 0 Å². The number of phenols is 1. The van der Waals surface area contributed by atoms with Crippen LogP contribution in [0.15, 0.2) is 29.1 Å². The second kappa shape index (κ2) is 5.81. The van der Waals surface area contributed by atoms with E-state index in [1.54, 1.807) is 42.8 Å². The van der Waals surface area contributed by atoms with Gasteiger partial charge in [0.2, 0.25) is 0 Å². The third kappa shape index (κ3) is 2.73. The molecule has 0 bridgehead atoms. The fourth-order valence-corrected chi connectivity index (χ4v) is 1.87. The van der Waals surface area contributed by atoms with Crippen LogP contribution in [0.1, 0.15) is 11.1 Å². The Balaban J connectivity index is 0.00000162. The van der Waals surface area contributed by atoms with Gasteiger partial charge in [-0.05, 0) is 12.1 Å². The smallest absolute Gasteiger partial charge is 0.197 e. The fraction of sp³-hybridized carbons (Fsp3) is 0.214. The topological polar surface area (TPSA) is 42.2 Å². The van der Waals surface area contributed by atoms with Crippen LogP contribution in [0.25, 0.3) is 11.3 Å². The first-order chi connectivity index (χ1) is 8.00. The van der Waals surface area contributed by atoms with Gasteiger partial charge in [-0.1, -0.05) is 36.2 Å². The predicted molar refractivity (Wildman–Crippen MR) is 67.1 cm³/mol. The molecule has 1 aromatic heterocycles. The molecule has 0 atom stereocenters. The van der Waals surface area contributed by atoms with E-state index in [0.29, 0.717) is 5.56 Å². The van der Waals surface area contributed by atoms with Gasteiger partial charge in [0.05, 0.1) is 0 Å². The summed E-state index contributed by atoms with van der Waals surface area (Å²) in [6, 6.07) is 9.88. The first-order valence-electron chi connectivity index (χ1n) is 5.39. The number of hydrogen-bond donors (Lipinski definition) is 1. The number of phenolic OH excluding ortho intramolecular Hbond substituents is 1. The van der Waals surface area contributed by atoms with Gasteiger partial charge in [-0.3, -0.25) is 4.79 Å². The predicted octanol–water partition coefficient (Wildman–Crippen LogP) is 2.17. The van der Waals surface area contributed by atoms with E-state index in [1.807, 2.05) is 6.92 Å². The van der Waals surface area contributed by atoms with Crippen LogP contribution in [-0.4, -0.2) is 9.67 Å². The Morgan fingerprint density at radius 3 is 2.50 bits per heavy atom. The molecule has 91 valence electrons. The number of aromatic nitrogens is 1. The molecule has 0 amide bonds. The average molecular weight is 317 g/mol. The van der Waals surface area contributed by atoms with Crippen molar-refractivity contribution in [2.24, 2.45) is 7.05 Å². The van der Waals surface area contributed by atoms with Crippen molar-refractivity contribution in [2.45, 2.75) is 13.8 Å². The van der Waals surface area contributed by atoms with Gasteiger partial charge in [-0.15, -0.1) is 6.07 Å². The Labute approximate surface area is 131 Å². The first kappa shape index (κ1) is 15.1. The van der Waals surface area contributed by atoms with E-state index in [-0.39, 0.29) is 44.0 Å². The van der Waals surface area contributed by atoms with Crippen LogP contribution in [0.4, 0.5) is 0 Å². The molecule has 0 spiro atoms. The van der Waals surface area contributed by atoms with Crippen LogP contribution in [0, 0.1) is 19.9 Å². The zero-order valence-corrected chi connectivity index (χ0v) is 13.5. The Morgan fingerprint density at radius 2 is 1.89 bits per heavy atom.